The number of hydrogen-bond donors (Lipinski definition) is 1. The lowest BCUT2D eigenvalue weighted by Gasteiger charge is -2.17. The molecule has 1 atom stereocenters. The van der Waals surface area contributed by atoms with Crippen LogP contribution >= 0.6 is 0 Å². The monoisotopic (exact) mass is 403 g/mol. The van der Waals surface area contributed by atoms with E-state index in [0.29, 0.717) is 0 Å². The van der Waals surface area contributed by atoms with Gasteiger partial charge in [0.2, 0.25) is 0 Å². The summed E-state index contributed by atoms with van der Waals surface area (Å²) in [5.41, 5.74) is 4.40. The Morgan fingerprint density at radius 3 is 1.54 bits per heavy atom. The van der Waals surface area contributed by atoms with Crippen molar-refractivity contribution in [2.24, 2.45) is 16.6 Å². The minimum Gasteiger partial charge on any atom is -0.462 e. The molecule has 0 rings (SSSR count). The van der Waals surface area contributed by atoms with Crippen molar-refractivity contribution in [2.45, 2.75) is 60.4 Å². The fourth-order valence-electron chi connectivity index (χ4n) is 1.57. The summed E-state index contributed by atoms with van der Waals surface area (Å²) in [7, 11) is 0. The van der Waals surface area contributed by atoms with E-state index >= 15 is 0 Å². The lowest BCUT2D eigenvalue weighted by atomic mass is 9.97. The van der Waals surface area contributed by atoms with Crippen molar-refractivity contribution in [2.75, 3.05) is 26.4 Å². The van der Waals surface area contributed by atoms with Gasteiger partial charge in [-0.05, 0) is 48.0 Å². The number of nitrogens with two attached hydrogens (primary N) is 1. The summed E-state index contributed by atoms with van der Waals surface area (Å²) in [6.07, 6.45) is -0.0380. The van der Waals surface area contributed by atoms with Crippen LogP contribution in [0.1, 0.15) is 54.4 Å². The second-order valence-corrected chi connectivity index (χ2v) is 8.30. The molecule has 0 bridgehead atoms. The Hall–Kier alpha value is -2.16. The van der Waals surface area contributed by atoms with E-state index in [2.05, 4.69) is 0 Å². The van der Waals surface area contributed by atoms with Crippen molar-refractivity contribution in [3.05, 3.63) is 0 Å². The highest BCUT2D eigenvalue weighted by atomic mass is 16.6. The third-order valence-corrected chi connectivity index (χ3v) is 3.33. The Bertz CT molecular complexity index is 545. The predicted molar refractivity (Wildman–Crippen MR) is 100.0 cm³/mol. The molecule has 162 valence electrons. The average molecular weight is 403 g/mol. The van der Waals surface area contributed by atoms with E-state index in [1.165, 1.54) is 0 Å². The topological polar surface area (TPSA) is 131 Å². The van der Waals surface area contributed by atoms with Crippen LogP contribution in [0.15, 0.2) is 0 Å². The average Bonchev–Trinajstić information content (AvgIpc) is 2.57. The van der Waals surface area contributed by atoms with Crippen LogP contribution in [0.2, 0.25) is 0 Å². The van der Waals surface area contributed by atoms with Crippen molar-refractivity contribution in [1.29, 1.82) is 0 Å². The molecule has 0 aromatic carbocycles. The minimum absolute atomic E-state index is 0.0385. The first-order chi connectivity index (χ1) is 12.7. The number of carbonyl (C=O) groups excluding carboxylic acids is 4. The zero-order valence-corrected chi connectivity index (χ0v) is 17.7. The third kappa shape index (κ3) is 11.5. The maximum Gasteiger partial charge on any atom is 0.323 e. The van der Waals surface area contributed by atoms with Gasteiger partial charge in [-0.2, -0.15) is 0 Å². The summed E-state index contributed by atoms with van der Waals surface area (Å²) in [6, 6.07) is -0.996. The van der Waals surface area contributed by atoms with Gasteiger partial charge in [-0.25, -0.2) is 0 Å². The molecule has 0 saturated carbocycles. The molecular formula is C19H33NO8. The van der Waals surface area contributed by atoms with E-state index in [9.17, 15) is 19.2 Å². The van der Waals surface area contributed by atoms with Crippen LogP contribution < -0.4 is 5.73 Å². The molecule has 0 aromatic heterocycles. The van der Waals surface area contributed by atoms with Gasteiger partial charge in [0.1, 0.15) is 32.5 Å². The standard InChI is InChI=1S/C19H33NO8/c1-18(2,3)16(23)27-11-9-25-14(21)8-7-13(20)15(22)26-10-12-28-17(24)19(4,5)6/h13H,7-12,20H2,1-6H3/t13-/m0/s1. The van der Waals surface area contributed by atoms with Crippen LogP contribution in [0.5, 0.6) is 0 Å². The Labute approximate surface area is 166 Å². The van der Waals surface area contributed by atoms with Gasteiger partial charge in [0.05, 0.1) is 10.8 Å². The first-order valence-corrected chi connectivity index (χ1v) is 9.17. The van der Waals surface area contributed by atoms with Crippen molar-refractivity contribution in [3.63, 3.8) is 0 Å². The lowest BCUT2D eigenvalue weighted by Crippen LogP contribution is -2.34. The zero-order chi connectivity index (χ0) is 22.0. The minimum atomic E-state index is -0.996. The van der Waals surface area contributed by atoms with Gasteiger partial charge in [-0.1, -0.05) is 0 Å². The summed E-state index contributed by atoms with van der Waals surface area (Å²) < 4.78 is 19.7. The molecule has 9 heteroatoms. The largest absolute Gasteiger partial charge is 0.462 e. The van der Waals surface area contributed by atoms with E-state index in [1.54, 1.807) is 41.5 Å². The molecule has 9 nitrogen and oxygen atoms in total. The van der Waals surface area contributed by atoms with E-state index in [0.717, 1.165) is 0 Å². The molecule has 0 fully saturated rings. The second-order valence-electron chi connectivity index (χ2n) is 8.30. The summed E-state index contributed by atoms with van der Waals surface area (Å²) in [6.45, 7) is 10.0. The third-order valence-electron chi connectivity index (χ3n) is 3.33. The van der Waals surface area contributed by atoms with Crippen molar-refractivity contribution < 1.29 is 38.1 Å². The van der Waals surface area contributed by atoms with Gasteiger partial charge in [-0.15, -0.1) is 0 Å². The van der Waals surface area contributed by atoms with Gasteiger partial charge in [0, 0.05) is 6.42 Å². The molecule has 0 spiro atoms. The number of ether oxygens (including phenoxy) is 4. The summed E-state index contributed by atoms with van der Waals surface area (Å²) in [4.78, 5) is 46.4. The molecule has 2 N–H and O–H groups in total. The molecule has 0 amide bonds. The fourth-order valence-corrected chi connectivity index (χ4v) is 1.57. The highest BCUT2D eigenvalue weighted by Crippen LogP contribution is 2.15. The van der Waals surface area contributed by atoms with Crippen LogP contribution in [0.4, 0.5) is 0 Å². The van der Waals surface area contributed by atoms with Crippen LogP contribution in [0.25, 0.3) is 0 Å². The van der Waals surface area contributed by atoms with Crippen molar-refractivity contribution in [1.82, 2.24) is 0 Å². The molecule has 0 aromatic rings. The maximum absolute atomic E-state index is 11.7. The highest BCUT2D eigenvalue weighted by Gasteiger charge is 2.24. The van der Waals surface area contributed by atoms with Crippen LogP contribution in [-0.2, 0) is 38.1 Å². The van der Waals surface area contributed by atoms with Gasteiger partial charge in [0.25, 0.3) is 0 Å². The van der Waals surface area contributed by atoms with Gasteiger partial charge in [0.15, 0.2) is 0 Å². The lowest BCUT2D eigenvalue weighted by molar-refractivity contribution is -0.159. The van der Waals surface area contributed by atoms with Gasteiger partial charge in [-0.3, -0.25) is 19.2 Å². The second kappa shape index (κ2) is 11.6. The fraction of sp³-hybridized carbons (Fsp3) is 0.789. The quantitative estimate of drug-likeness (QED) is 0.326. The van der Waals surface area contributed by atoms with Gasteiger partial charge < -0.3 is 24.7 Å². The number of esters is 4. The highest BCUT2D eigenvalue weighted by molar-refractivity contribution is 5.77. The summed E-state index contributed by atoms with van der Waals surface area (Å²) in [5.74, 6) is -2.04. The number of carbonyl (C=O) groups is 4. The van der Waals surface area contributed by atoms with E-state index in [1.807, 2.05) is 0 Å². The number of hydrogen-bond acceptors (Lipinski definition) is 9. The Morgan fingerprint density at radius 1 is 0.714 bits per heavy atom. The SMILES string of the molecule is CC(C)(C)C(=O)OCCOC(=O)CC[C@H](N)C(=O)OCCOC(=O)C(C)(C)C. The first kappa shape index (κ1) is 25.8. The summed E-state index contributed by atoms with van der Waals surface area (Å²) in [5, 5.41) is 0. The van der Waals surface area contributed by atoms with E-state index in [-0.39, 0.29) is 45.2 Å². The molecule has 0 aliphatic rings. The normalized spacial score (nSPS) is 12.7. The molecule has 0 heterocycles. The predicted octanol–water partition coefficient (Wildman–Crippen LogP) is 1.36. The van der Waals surface area contributed by atoms with Crippen molar-refractivity contribution >= 4 is 23.9 Å². The first-order valence-electron chi connectivity index (χ1n) is 9.17. The maximum atomic E-state index is 11.7. The molecule has 0 saturated heterocycles. The smallest absolute Gasteiger partial charge is 0.323 e. The zero-order valence-electron chi connectivity index (χ0n) is 17.7. The molecule has 0 unspecified atom stereocenters. The molecule has 0 aliphatic carbocycles. The summed E-state index contributed by atoms with van der Waals surface area (Å²) >= 11 is 0. The Kier molecular flexibility index (Phi) is 10.7. The van der Waals surface area contributed by atoms with Crippen molar-refractivity contribution in [3.8, 4) is 0 Å². The molecule has 28 heavy (non-hydrogen) atoms. The van der Waals surface area contributed by atoms with Crippen LogP contribution in [-0.4, -0.2) is 56.3 Å². The van der Waals surface area contributed by atoms with Crippen LogP contribution in [0, 0.1) is 10.8 Å². The molecular weight excluding hydrogens is 370 g/mol. The van der Waals surface area contributed by atoms with Gasteiger partial charge >= 0.3 is 23.9 Å². The Balaban J connectivity index is 3.90. The Morgan fingerprint density at radius 2 is 1.11 bits per heavy atom. The number of rotatable bonds is 10. The van der Waals surface area contributed by atoms with E-state index in [4.69, 9.17) is 24.7 Å². The van der Waals surface area contributed by atoms with E-state index < -0.39 is 34.8 Å². The molecule has 0 aliphatic heterocycles. The van der Waals surface area contributed by atoms with Crippen LogP contribution in [0.3, 0.4) is 0 Å². The molecule has 0 radical (unpaired) electrons.